The van der Waals surface area contributed by atoms with Crippen LogP contribution in [0.1, 0.15) is 43.0 Å². The van der Waals surface area contributed by atoms with Gasteiger partial charge in [-0.25, -0.2) is 8.42 Å². The van der Waals surface area contributed by atoms with Gasteiger partial charge in [-0.3, -0.25) is 13.9 Å². The molecule has 0 spiro atoms. The van der Waals surface area contributed by atoms with Gasteiger partial charge in [-0.05, 0) is 80.1 Å². The Morgan fingerprint density at radius 2 is 1.44 bits per heavy atom. The summed E-state index contributed by atoms with van der Waals surface area (Å²) in [6.45, 7) is 11.6. The third-order valence-corrected chi connectivity index (χ3v) is 8.35. The monoisotopic (exact) mass is 549 g/mol. The molecule has 0 fully saturated rings. The van der Waals surface area contributed by atoms with E-state index >= 15 is 0 Å². The molecule has 1 N–H and O–H groups in total. The average molecular weight is 550 g/mol. The number of amides is 2. The Hall–Kier alpha value is -3.65. The number of carbonyl (C=O) groups excluding carboxylic acids is 2. The minimum absolute atomic E-state index is 0.0881. The molecule has 3 rings (SSSR count). The van der Waals surface area contributed by atoms with E-state index in [-0.39, 0.29) is 23.3 Å². The molecule has 0 heterocycles. The minimum atomic E-state index is -4.08. The van der Waals surface area contributed by atoms with E-state index in [0.717, 1.165) is 26.6 Å². The lowest BCUT2D eigenvalue weighted by Gasteiger charge is -2.32. The van der Waals surface area contributed by atoms with E-state index in [0.29, 0.717) is 12.2 Å². The molecule has 0 aliphatic rings. The molecule has 3 aromatic carbocycles. The lowest BCUT2D eigenvalue weighted by molar-refractivity contribution is -0.139. The zero-order chi connectivity index (χ0) is 28.7. The van der Waals surface area contributed by atoms with Gasteiger partial charge in [0.1, 0.15) is 12.6 Å². The molecule has 0 aromatic heterocycles. The van der Waals surface area contributed by atoms with Crippen LogP contribution >= 0.6 is 0 Å². The number of sulfonamides is 1. The molecular formula is C31H39N3O4S. The first kappa shape index (κ1) is 29.9. The maximum absolute atomic E-state index is 14.0. The number of nitrogens with zero attached hydrogens (tertiary/aromatic N) is 2. The Kier molecular flexibility index (Phi) is 9.92. The van der Waals surface area contributed by atoms with Crippen LogP contribution in [0.4, 0.5) is 5.69 Å². The lowest BCUT2D eigenvalue weighted by Crippen LogP contribution is -2.51. The van der Waals surface area contributed by atoms with Crippen molar-refractivity contribution >= 4 is 27.5 Å². The molecule has 39 heavy (non-hydrogen) atoms. The van der Waals surface area contributed by atoms with E-state index in [2.05, 4.69) is 5.32 Å². The molecule has 1 unspecified atom stereocenters. The van der Waals surface area contributed by atoms with E-state index in [4.69, 9.17) is 0 Å². The number of rotatable bonds is 11. The maximum atomic E-state index is 14.0. The Bertz CT molecular complexity index is 1380. The average Bonchev–Trinajstić information content (AvgIpc) is 2.89. The third-order valence-electron chi connectivity index (χ3n) is 6.56. The summed E-state index contributed by atoms with van der Waals surface area (Å²) in [6.07, 6.45) is 0. The van der Waals surface area contributed by atoms with Crippen molar-refractivity contribution in [3.63, 3.8) is 0 Å². The molecule has 0 aliphatic carbocycles. The molecule has 0 bridgehead atoms. The zero-order valence-corrected chi connectivity index (χ0v) is 24.5. The second-order valence-corrected chi connectivity index (χ2v) is 12.3. The van der Waals surface area contributed by atoms with Gasteiger partial charge in [0.2, 0.25) is 11.8 Å². The van der Waals surface area contributed by atoms with Gasteiger partial charge in [0.05, 0.1) is 10.6 Å². The minimum Gasteiger partial charge on any atom is -0.354 e. The highest BCUT2D eigenvalue weighted by atomic mass is 32.2. The van der Waals surface area contributed by atoms with Crippen molar-refractivity contribution in [1.29, 1.82) is 0 Å². The first-order valence-corrected chi connectivity index (χ1v) is 14.6. The third kappa shape index (κ3) is 7.69. The van der Waals surface area contributed by atoms with Gasteiger partial charge in [0.25, 0.3) is 10.0 Å². The van der Waals surface area contributed by atoms with Crippen molar-refractivity contribution in [3.8, 4) is 0 Å². The van der Waals surface area contributed by atoms with Crippen molar-refractivity contribution in [2.24, 2.45) is 5.92 Å². The summed E-state index contributed by atoms with van der Waals surface area (Å²) in [6, 6.07) is 20.4. The van der Waals surface area contributed by atoms with Crippen LogP contribution in [0.2, 0.25) is 0 Å². The number of nitrogens with one attached hydrogen (secondary N) is 1. The summed E-state index contributed by atoms with van der Waals surface area (Å²) >= 11 is 0. The van der Waals surface area contributed by atoms with Gasteiger partial charge in [0.15, 0.2) is 0 Å². The van der Waals surface area contributed by atoms with E-state index < -0.39 is 28.5 Å². The van der Waals surface area contributed by atoms with Crippen LogP contribution in [0.25, 0.3) is 0 Å². The normalized spacial score (nSPS) is 12.2. The highest BCUT2D eigenvalue weighted by Crippen LogP contribution is 2.26. The quantitative estimate of drug-likeness (QED) is 0.365. The summed E-state index contributed by atoms with van der Waals surface area (Å²) in [5.74, 6) is -0.503. The maximum Gasteiger partial charge on any atom is 0.264 e. The van der Waals surface area contributed by atoms with E-state index in [1.54, 1.807) is 37.3 Å². The first-order chi connectivity index (χ1) is 18.4. The van der Waals surface area contributed by atoms with Gasteiger partial charge in [-0.2, -0.15) is 0 Å². The lowest BCUT2D eigenvalue weighted by atomic mass is 10.1. The van der Waals surface area contributed by atoms with Gasteiger partial charge < -0.3 is 10.2 Å². The Morgan fingerprint density at radius 1 is 0.846 bits per heavy atom. The Labute approximate surface area is 232 Å². The summed E-state index contributed by atoms with van der Waals surface area (Å²) in [7, 11) is -4.08. The number of anilines is 1. The van der Waals surface area contributed by atoms with Crippen LogP contribution in [0.5, 0.6) is 0 Å². The van der Waals surface area contributed by atoms with Crippen LogP contribution in [0.15, 0.2) is 77.7 Å². The van der Waals surface area contributed by atoms with Crippen LogP contribution < -0.4 is 9.62 Å². The summed E-state index contributed by atoms with van der Waals surface area (Å²) in [4.78, 5) is 28.7. The zero-order valence-electron chi connectivity index (χ0n) is 23.6. The van der Waals surface area contributed by atoms with Crippen molar-refractivity contribution in [2.45, 2.75) is 59.0 Å². The SMILES string of the molecule is Cc1cc(C)cc(N(CC(=O)N(Cc2ccccc2C)C(C)C(=O)NCC(C)C)S(=O)(=O)c2ccccc2)c1. The van der Waals surface area contributed by atoms with Crippen LogP contribution in [0.3, 0.4) is 0 Å². The largest absolute Gasteiger partial charge is 0.354 e. The van der Waals surface area contributed by atoms with Crippen molar-refractivity contribution in [1.82, 2.24) is 10.2 Å². The van der Waals surface area contributed by atoms with E-state index in [9.17, 15) is 18.0 Å². The van der Waals surface area contributed by atoms with Gasteiger partial charge in [0, 0.05) is 13.1 Å². The Morgan fingerprint density at radius 3 is 2.03 bits per heavy atom. The topological polar surface area (TPSA) is 86.8 Å². The smallest absolute Gasteiger partial charge is 0.264 e. The standard InChI is InChI=1S/C31H39N3O4S/c1-22(2)19-32-31(36)26(6)33(20-27-13-11-10-12-25(27)5)30(35)21-34(28-17-23(3)16-24(4)18-28)39(37,38)29-14-8-7-9-15-29/h7-18,22,26H,19-21H2,1-6H3,(H,32,36). The molecule has 0 saturated carbocycles. The fraction of sp³-hybridized carbons (Fsp3) is 0.355. The number of carbonyl (C=O) groups is 2. The summed E-state index contributed by atoms with van der Waals surface area (Å²) in [5.41, 5.74) is 4.02. The molecule has 0 saturated heterocycles. The van der Waals surface area contributed by atoms with Gasteiger partial charge >= 0.3 is 0 Å². The molecule has 1 atom stereocenters. The molecule has 2 amide bonds. The van der Waals surface area contributed by atoms with E-state index in [1.165, 1.54) is 17.0 Å². The molecule has 0 radical (unpaired) electrons. The second-order valence-electron chi connectivity index (χ2n) is 10.4. The molecule has 0 aliphatic heterocycles. The van der Waals surface area contributed by atoms with Crippen LogP contribution in [-0.2, 0) is 26.2 Å². The molecule has 208 valence electrons. The molecular weight excluding hydrogens is 510 g/mol. The predicted octanol–water partition coefficient (Wildman–Crippen LogP) is 5.00. The fourth-order valence-corrected chi connectivity index (χ4v) is 5.77. The Balaban J connectivity index is 2.04. The molecule has 8 heteroatoms. The predicted molar refractivity (Wildman–Crippen MR) is 156 cm³/mol. The van der Waals surface area contributed by atoms with Crippen LogP contribution in [0, 0.1) is 26.7 Å². The number of hydrogen-bond donors (Lipinski definition) is 1. The molecule has 3 aromatic rings. The highest BCUT2D eigenvalue weighted by Gasteiger charge is 2.32. The highest BCUT2D eigenvalue weighted by molar-refractivity contribution is 7.92. The molecule has 7 nitrogen and oxygen atoms in total. The van der Waals surface area contributed by atoms with Gasteiger partial charge in [-0.1, -0.05) is 62.4 Å². The van der Waals surface area contributed by atoms with Gasteiger partial charge in [-0.15, -0.1) is 0 Å². The van der Waals surface area contributed by atoms with Crippen LogP contribution in [-0.4, -0.2) is 44.3 Å². The van der Waals surface area contributed by atoms with Crippen molar-refractivity contribution in [3.05, 3.63) is 95.1 Å². The van der Waals surface area contributed by atoms with Crippen molar-refractivity contribution < 1.29 is 18.0 Å². The van der Waals surface area contributed by atoms with E-state index in [1.807, 2.05) is 65.0 Å². The number of aryl methyl sites for hydroxylation is 3. The number of benzene rings is 3. The number of hydrogen-bond acceptors (Lipinski definition) is 4. The summed E-state index contributed by atoms with van der Waals surface area (Å²) < 4.78 is 28.9. The van der Waals surface area contributed by atoms with Crippen molar-refractivity contribution in [2.75, 3.05) is 17.4 Å². The first-order valence-electron chi connectivity index (χ1n) is 13.2. The second kappa shape index (κ2) is 12.9. The summed E-state index contributed by atoms with van der Waals surface area (Å²) in [5, 5.41) is 2.91. The fourth-order valence-electron chi connectivity index (χ4n) is 4.35.